The number of fused-ring (bicyclic) bond motifs is 5. The first kappa shape index (κ1) is 30.9. The molecule has 0 heterocycles. The molecule has 6 atom stereocenters. The Morgan fingerprint density at radius 3 is 2.36 bits per heavy atom. The number of nitrogens with zero attached hydrogens (tertiary/aromatic N) is 2. The lowest BCUT2D eigenvalue weighted by molar-refractivity contribution is -0.000619. The average molecular weight is 497 g/mol. The topological polar surface area (TPSA) is 15.6 Å². The smallest absolute Gasteiger partial charge is 0.0622 e. The molecule has 3 fully saturated rings. The molecule has 4 aliphatic rings. The summed E-state index contributed by atoms with van der Waals surface area (Å²) in [6.07, 6.45) is 15.7. The van der Waals surface area contributed by atoms with Crippen molar-refractivity contribution in [1.82, 2.24) is 5.01 Å². The molecule has 0 aromatic heterocycles. The van der Waals surface area contributed by atoms with Crippen LogP contribution in [-0.4, -0.2) is 17.8 Å². The van der Waals surface area contributed by atoms with Gasteiger partial charge in [-0.1, -0.05) is 93.2 Å². The zero-order valence-electron chi connectivity index (χ0n) is 24.7. The van der Waals surface area contributed by atoms with Gasteiger partial charge in [-0.25, -0.2) is 0 Å². The zero-order chi connectivity index (χ0) is 26.2. The van der Waals surface area contributed by atoms with Gasteiger partial charge in [0.05, 0.1) is 6.54 Å². The Hall–Kier alpha value is -1.31. The molecule has 0 amide bonds. The van der Waals surface area contributed by atoms with Crippen LogP contribution in [0.2, 0.25) is 0 Å². The lowest BCUT2D eigenvalue weighted by Crippen LogP contribution is -2.49. The third-order valence-corrected chi connectivity index (χ3v) is 10.4. The van der Waals surface area contributed by atoms with E-state index in [-0.39, 0.29) is 7.43 Å². The summed E-state index contributed by atoms with van der Waals surface area (Å²) >= 11 is 0. The van der Waals surface area contributed by atoms with Crippen molar-refractivity contribution in [1.29, 1.82) is 0 Å². The van der Waals surface area contributed by atoms with Gasteiger partial charge in [-0.15, -0.1) is 0 Å². The second kappa shape index (κ2) is 11.6. The van der Waals surface area contributed by atoms with E-state index in [0.29, 0.717) is 28.1 Å². The number of hydrazone groups is 1. The first-order valence-electron chi connectivity index (χ1n) is 14.7. The maximum absolute atomic E-state index is 4.73. The summed E-state index contributed by atoms with van der Waals surface area (Å²) in [5, 5.41) is 6.80. The fourth-order valence-corrected chi connectivity index (χ4v) is 8.37. The highest BCUT2D eigenvalue weighted by molar-refractivity contribution is 5.59. The predicted molar refractivity (Wildman–Crippen MR) is 161 cm³/mol. The fraction of sp³-hybridized carbons (Fsp3) is 0.794. The molecule has 0 spiro atoms. The highest BCUT2D eigenvalue weighted by atomic mass is 15.4. The van der Waals surface area contributed by atoms with Gasteiger partial charge in [0.2, 0.25) is 0 Å². The summed E-state index contributed by atoms with van der Waals surface area (Å²) in [5.74, 6) is 3.55. The molecule has 0 bridgehead atoms. The molecule has 4 rings (SSSR count). The minimum Gasteiger partial charge on any atom is -0.267 e. The maximum Gasteiger partial charge on any atom is 0.0622 e. The van der Waals surface area contributed by atoms with Gasteiger partial charge in [0.25, 0.3) is 0 Å². The lowest BCUT2D eigenvalue weighted by Gasteiger charge is -2.58. The molecule has 4 aliphatic carbocycles. The van der Waals surface area contributed by atoms with Crippen LogP contribution in [0.1, 0.15) is 121 Å². The number of hydrogen-bond acceptors (Lipinski definition) is 2. The van der Waals surface area contributed by atoms with Crippen molar-refractivity contribution < 1.29 is 0 Å². The largest absolute Gasteiger partial charge is 0.267 e. The quantitative estimate of drug-likeness (QED) is 0.203. The van der Waals surface area contributed by atoms with E-state index in [9.17, 15) is 0 Å². The van der Waals surface area contributed by atoms with Crippen molar-refractivity contribution in [2.45, 2.75) is 121 Å². The molecule has 0 unspecified atom stereocenters. The molecule has 0 aliphatic heterocycles. The highest BCUT2D eigenvalue weighted by Crippen LogP contribution is 2.67. The molecule has 0 aromatic carbocycles. The van der Waals surface area contributed by atoms with Gasteiger partial charge in [-0.05, 0) is 104 Å². The Kier molecular flexibility index (Phi) is 9.97. The van der Waals surface area contributed by atoms with Crippen molar-refractivity contribution in [2.75, 3.05) is 6.54 Å². The van der Waals surface area contributed by atoms with Crippen LogP contribution in [-0.2, 0) is 0 Å². The number of allylic oxidation sites excluding steroid dienone is 3. The molecular formula is C34H60N2. The normalized spacial score (nSPS) is 36.4. The van der Waals surface area contributed by atoms with E-state index in [1.54, 1.807) is 0 Å². The highest BCUT2D eigenvalue weighted by Gasteiger charge is 2.58. The number of rotatable bonds is 6. The van der Waals surface area contributed by atoms with E-state index in [1.165, 1.54) is 56.9 Å². The Balaban J connectivity index is 0.00000148. The molecular weight excluding hydrogens is 436 g/mol. The molecule has 2 nitrogen and oxygen atoms in total. The summed E-state index contributed by atoms with van der Waals surface area (Å²) < 4.78 is 0. The van der Waals surface area contributed by atoms with Crippen LogP contribution in [0.4, 0.5) is 0 Å². The molecule has 2 heteroatoms. The van der Waals surface area contributed by atoms with E-state index in [2.05, 4.69) is 72.7 Å². The van der Waals surface area contributed by atoms with Crippen LogP contribution in [0.25, 0.3) is 0 Å². The molecule has 0 saturated heterocycles. The van der Waals surface area contributed by atoms with E-state index >= 15 is 0 Å². The van der Waals surface area contributed by atoms with Gasteiger partial charge >= 0.3 is 0 Å². The van der Waals surface area contributed by atoms with Crippen LogP contribution in [0.15, 0.2) is 41.2 Å². The Labute approximate surface area is 225 Å². The van der Waals surface area contributed by atoms with Crippen molar-refractivity contribution in [3.05, 3.63) is 36.1 Å². The third kappa shape index (κ3) is 5.73. The van der Waals surface area contributed by atoms with Crippen LogP contribution in [0, 0.1) is 45.8 Å². The monoisotopic (exact) mass is 496 g/mol. The Bertz CT molecular complexity index is 845. The lowest BCUT2D eigenvalue weighted by atomic mass is 9.46. The van der Waals surface area contributed by atoms with Crippen LogP contribution >= 0.6 is 0 Å². The van der Waals surface area contributed by atoms with Crippen molar-refractivity contribution in [2.24, 2.45) is 50.9 Å². The first-order chi connectivity index (χ1) is 16.4. The van der Waals surface area contributed by atoms with Gasteiger partial charge in [0.1, 0.15) is 0 Å². The zero-order valence-corrected chi connectivity index (χ0v) is 24.7. The molecule has 36 heavy (non-hydrogen) atoms. The maximum atomic E-state index is 4.73. The fourth-order valence-electron chi connectivity index (χ4n) is 8.37. The molecule has 0 N–H and O–H groups in total. The third-order valence-electron chi connectivity index (χ3n) is 10.4. The average Bonchev–Trinajstić information content (AvgIpc) is 3.15. The van der Waals surface area contributed by atoms with Crippen molar-refractivity contribution >= 4 is 6.21 Å². The van der Waals surface area contributed by atoms with Gasteiger partial charge < -0.3 is 0 Å². The Morgan fingerprint density at radius 1 is 1.08 bits per heavy atom. The van der Waals surface area contributed by atoms with Crippen LogP contribution in [0.5, 0.6) is 0 Å². The second-order valence-electron chi connectivity index (χ2n) is 13.7. The summed E-state index contributed by atoms with van der Waals surface area (Å²) in [4.78, 5) is 0. The summed E-state index contributed by atoms with van der Waals surface area (Å²) in [5.41, 5.74) is 5.57. The summed E-state index contributed by atoms with van der Waals surface area (Å²) in [6, 6.07) is 0. The van der Waals surface area contributed by atoms with Gasteiger partial charge in [-0.2, -0.15) is 5.10 Å². The van der Waals surface area contributed by atoms with Gasteiger partial charge in [0.15, 0.2) is 0 Å². The van der Waals surface area contributed by atoms with Gasteiger partial charge in [0, 0.05) is 11.9 Å². The first-order valence-corrected chi connectivity index (χ1v) is 14.7. The van der Waals surface area contributed by atoms with Gasteiger partial charge in [-0.3, -0.25) is 5.01 Å². The standard InChI is InChI=1S/C31H50N2.C2H6.CH4/c1-21(2)19-32-33(22(3)4)20-23(5)26-12-13-27-25-11-10-24-18-29(6,7)16-17-30(24,8)28(25)14-15-31(26,27)9;1-2;/h14,19,21,24-27H,3,5,10-13,15-18,20H2,1-2,4,6-9H3;1-2H3;1H4/t24-,25+,26-,27+,30+,31-;;/m1../s1. The van der Waals surface area contributed by atoms with E-state index < -0.39 is 0 Å². The SMILES string of the molecule is C.C=C(CN(N=CC(C)C)C(=C)C)[C@H]1CC[C@H]2[C@@H]3CC[C@@H]4CC(C)(C)CC[C@]4(C)C3=CC[C@]12C.CC. The second-order valence-corrected chi connectivity index (χ2v) is 13.7. The van der Waals surface area contributed by atoms with E-state index in [1.807, 2.05) is 25.6 Å². The van der Waals surface area contributed by atoms with Crippen molar-refractivity contribution in [3.8, 4) is 0 Å². The van der Waals surface area contributed by atoms with Crippen LogP contribution < -0.4 is 0 Å². The molecule has 0 radical (unpaired) electrons. The summed E-state index contributed by atoms with van der Waals surface area (Å²) in [6.45, 7) is 30.3. The predicted octanol–water partition coefficient (Wildman–Crippen LogP) is 10.3. The van der Waals surface area contributed by atoms with E-state index in [4.69, 9.17) is 5.10 Å². The minimum absolute atomic E-state index is 0. The Morgan fingerprint density at radius 2 is 1.75 bits per heavy atom. The number of hydrogen-bond donors (Lipinski definition) is 0. The minimum atomic E-state index is 0. The molecule has 206 valence electrons. The van der Waals surface area contributed by atoms with E-state index in [0.717, 1.165) is 30.0 Å². The summed E-state index contributed by atoms with van der Waals surface area (Å²) in [7, 11) is 0. The molecule has 0 aromatic rings. The molecule has 3 saturated carbocycles. The van der Waals surface area contributed by atoms with Crippen LogP contribution in [0.3, 0.4) is 0 Å². The van der Waals surface area contributed by atoms with Crippen molar-refractivity contribution in [3.63, 3.8) is 0 Å².